The second-order valence-corrected chi connectivity index (χ2v) is 7.19. The zero-order valence-corrected chi connectivity index (χ0v) is 15.4. The van der Waals surface area contributed by atoms with Gasteiger partial charge in [0.05, 0.1) is 17.2 Å². The Balaban J connectivity index is 1.48. The number of carbonyl (C=O) groups is 4. The smallest absolute Gasteiger partial charge is 0.262 e. The molecule has 3 heterocycles. The van der Waals surface area contributed by atoms with Crippen molar-refractivity contribution < 1.29 is 28.7 Å². The van der Waals surface area contributed by atoms with Gasteiger partial charge in [0, 0.05) is 19.5 Å². The molecule has 0 aromatic heterocycles. The molecule has 3 aliphatic heterocycles. The van der Waals surface area contributed by atoms with Gasteiger partial charge in [-0.2, -0.15) is 0 Å². The van der Waals surface area contributed by atoms with Crippen LogP contribution in [0.2, 0.25) is 0 Å². The Morgan fingerprint density at radius 2 is 1.93 bits per heavy atom. The molecule has 9 nitrogen and oxygen atoms in total. The summed E-state index contributed by atoms with van der Waals surface area (Å²) in [6.07, 6.45) is 0.216. The molecule has 0 bridgehead atoms. The van der Waals surface area contributed by atoms with E-state index >= 15 is 0 Å². The summed E-state index contributed by atoms with van der Waals surface area (Å²) in [5.41, 5.74) is 0.425. The number of amides is 4. The van der Waals surface area contributed by atoms with Crippen LogP contribution in [-0.4, -0.2) is 66.5 Å². The first kappa shape index (κ1) is 18.6. The van der Waals surface area contributed by atoms with Gasteiger partial charge in [-0.05, 0) is 31.5 Å². The number of ether oxygens (including phenoxy) is 2. The number of nitrogens with one attached hydrogen (secondary N) is 2. The molecule has 28 heavy (non-hydrogen) atoms. The number of rotatable bonds is 4. The monoisotopic (exact) mass is 387 g/mol. The third-order valence-corrected chi connectivity index (χ3v) is 5.08. The Morgan fingerprint density at radius 1 is 1.14 bits per heavy atom. The van der Waals surface area contributed by atoms with Gasteiger partial charge in [0.2, 0.25) is 11.8 Å². The minimum Gasteiger partial charge on any atom is -0.491 e. The Labute approximate surface area is 161 Å². The van der Waals surface area contributed by atoms with E-state index in [1.165, 1.54) is 12.1 Å². The Morgan fingerprint density at radius 3 is 2.68 bits per heavy atom. The molecule has 148 valence electrons. The Hall–Kier alpha value is -2.78. The number of carbonyl (C=O) groups excluding carboxylic acids is 4. The first-order valence-corrected chi connectivity index (χ1v) is 9.28. The van der Waals surface area contributed by atoms with E-state index in [0.717, 1.165) is 11.4 Å². The molecule has 1 unspecified atom stereocenters. The van der Waals surface area contributed by atoms with Crippen molar-refractivity contribution in [3.8, 4) is 5.75 Å². The zero-order chi connectivity index (χ0) is 19.8. The lowest BCUT2D eigenvalue weighted by molar-refractivity contribution is -0.136. The van der Waals surface area contributed by atoms with Crippen LogP contribution in [-0.2, 0) is 14.3 Å². The summed E-state index contributed by atoms with van der Waals surface area (Å²) in [5, 5.41) is 5.43. The van der Waals surface area contributed by atoms with E-state index in [9.17, 15) is 19.2 Å². The molecule has 2 fully saturated rings. The lowest BCUT2D eigenvalue weighted by Gasteiger charge is -2.28. The maximum atomic E-state index is 12.8. The van der Waals surface area contributed by atoms with Gasteiger partial charge in [0.1, 0.15) is 24.5 Å². The van der Waals surface area contributed by atoms with E-state index in [1.807, 2.05) is 6.92 Å². The molecule has 0 spiro atoms. The summed E-state index contributed by atoms with van der Waals surface area (Å²) >= 11 is 0. The fourth-order valence-electron chi connectivity index (χ4n) is 3.70. The van der Waals surface area contributed by atoms with Crippen LogP contribution in [0.3, 0.4) is 0 Å². The molecule has 4 amide bonds. The van der Waals surface area contributed by atoms with E-state index in [0.29, 0.717) is 18.9 Å². The largest absolute Gasteiger partial charge is 0.491 e. The Bertz CT molecular complexity index is 854. The first-order chi connectivity index (χ1) is 13.4. The molecule has 0 saturated carbocycles. The number of imide groups is 2. The highest BCUT2D eigenvalue weighted by Crippen LogP contribution is 2.30. The van der Waals surface area contributed by atoms with E-state index in [1.54, 1.807) is 6.07 Å². The summed E-state index contributed by atoms with van der Waals surface area (Å²) in [7, 11) is 0. The normalized spacial score (nSPS) is 27.6. The second-order valence-electron chi connectivity index (χ2n) is 7.19. The lowest BCUT2D eigenvalue weighted by atomic mass is 10.0. The maximum absolute atomic E-state index is 12.8. The van der Waals surface area contributed by atoms with Gasteiger partial charge in [-0.15, -0.1) is 0 Å². The quantitative estimate of drug-likeness (QED) is 0.690. The van der Waals surface area contributed by atoms with Gasteiger partial charge in [-0.1, -0.05) is 0 Å². The minimum absolute atomic E-state index is 0.0893. The summed E-state index contributed by atoms with van der Waals surface area (Å²) in [6.45, 7) is 3.76. The predicted molar refractivity (Wildman–Crippen MR) is 95.8 cm³/mol. The molecule has 3 aliphatic rings. The fraction of sp³-hybridized carbons (Fsp3) is 0.474. The van der Waals surface area contributed by atoms with Crippen LogP contribution in [0.4, 0.5) is 0 Å². The fourth-order valence-corrected chi connectivity index (χ4v) is 3.70. The van der Waals surface area contributed by atoms with Crippen LogP contribution < -0.4 is 15.4 Å². The number of fused-ring (bicyclic) bond motifs is 1. The van der Waals surface area contributed by atoms with Crippen LogP contribution in [0.25, 0.3) is 0 Å². The van der Waals surface area contributed by atoms with Crippen molar-refractivity contribution in [2.24, 2.45) is 0 Å². The van der Waals surface area contributed by atoms with Crippen LogP contribution in [0.5, 0.6) is 5.75 Å². The number of benzene rings is 1. The van der Waals surface area contributed by atoms with Crippen molar-refractivity contribution >= 4 is 23.6 Å². The van der Waals surface area contributed by atoms with E-state index < -0.39 is 29.7 Å². The molecule has 2 saturated heterocycles. The highest BCUT2D eigenvalue weighted by Gasteiger charge is 2.44. The molecule has 3 atom stereocenters. The Kier molecular flexibility index (Phi) is 4.86. The summed E-state index contributed by atoms with van der Waals surface area (Å²) in [4.78, 5) is 49.8. The average Bonchev–Trinajstić information content (AvgIpc) is 2.91. The van der Waals surface area contributed by atoms with Gasteiger partial charge < -0.3 is 14.8 Å². The van der Waals surface area contributed by atoms with Crippen LogP contribution in [0.1, 0.15) is 40.5 Å². The summed E-state index contributed by atoms with van der Waals surface area (Å²) in [6, 6.07) is 3.69. The number of morpholine rings is 1. The third kappa shape index (κ3) is 3.38. The van der Waals surface area contributed by atoms with Crippen molar-refractivity contribution in [3.05, 3.63) is 29.3 Å². The van der Waals surface area contributed by atoms with Crippen LogP contribution in [0, 0.1) is 0 Å². The lowest BCUT2D eigenvalue weighted by Crippen LogP contribution is -2.54. The van der Waals surface area contributed by atoms with E-state index in [4.69, 9.17) is 9.47 Å². The topological polar surface area (TPSA) is 114 Å². The van der Waals surface area contributed by atoms with E-state index in [-0.39, 0.29) is 36.2 Å². The molecule has 2 N–H and O–H groups in total. The summed E-state index contributed by atoms with van der Waals surface area (Å²) < 4.78 is 11.5. The van der Waals surface area contributed by atoms with Crippen molar-refractivity contribution in [3.63, 3.8) is 0 Å². The zero-order valence-electron chi connectivity index (χ0n) is 15.4. The van der Waals surface area contributed by atoms with Crippen molar-refractivity contribution in [1.29, 1.82) is 0 Å². The van der Waals surface area contributed by atoms with Crippen molar-refractivity contribution in [2.75, 3.05) is 19.7 Å². The van der Waals surface area contributed by atoms with Crippen LogP contribution >= 0.6 is 0 Å². The van der Waals surface area contributed by atoms with Gasteiger partial charge in [-0.3, -0.25) is 29.4 Å². The van der Waals surface area contributed by atoms with Gasteiger partial charge >= 0.3 is 0 Å². The van der Waals surface area contributed by atoms with Crippen LogP contribution in [0.15, 0.2) is 18.2 Å². The molecule has 9 heteroatoms. The van der Waals surface area contributed by atoms with Crippen molar-refractivity contribution in [2.45, 2.75) is 38.0 Å². The SMILES string of the molecule is C[C@@H]1CNC[C@@H](COc2ccc3c(c2)C(=O)N(C2CCC(=O)NC2=O)C3=O)O1. The van der Waals surface area contributed by atoms with Gasteiger partial charge in [0.15, 0.2) is 0 Å². The van der Waals surface area contributed by atoms with Gasteiger partial charge in [0.25, 0.3) is 11.8 Å². The summed E-state index contributed by atoms with van der Waals surface area (Å²) in [5.74, 6) is -1.66. The number of piperidine rings is 1. The highest BCUT2D eigenvalue weighted by atomic mass is 16.5. The van der Waals surface area contributed by atoms with Gasteiger partial charge in [-0.25, -0.2) is 0 Å². The molecular formula is C19H21N3O6. The molecule has 1 aromatic rings. The molecule has 4 rings (SSSR count). The second kappa shape index (κ2) is 7.33. The highest BCUT2D eigenvalue weighted by molar-refractivity contribution is 6.23. The number of nitrogens with zero attached hydrogens (tertiary/aromatic N) is 1. The number of hydrogen-bond donors (Lipinski definition) is 2. The average molecular weight is 387 g/mol. The predicted octanol–water partition coefficient (Wildman–Crippen LogP) is -0.156. The maximum Gasteiger partial charge on any atom is 0.262 e. The minimum atomic E-state index is -0.974. The standard InChI is InChI=1S/C19H21N3O6/c1-10-7-20-8-12(28-10)9-27-11-2-3-13-14(6-11)19(26)22(18(13)25)15-4-5-16(23)21-17(15)24/h2-3,6,10,12,15,20H,4-5,7-9H2,1H3,(H,21,23,24)/t10-,12+,15?/m1/s1. The van der Waals surface area contributed by atoms with E-state index in [2.05, 4.69) is 10.6 Å². The molecule has 0 radical (unpaired) electrons. The first-order valence-electron chi connectivity index (χ1n) is 9.28. The molecular weight excluding hydrogens is 366 g/mol. The molecule has 1 aromatic carbocycles. The van der Waals surface area contributed by atoms with Crippen molar-refractivity contribution in [1.82, 2.24) is 15.5 Å². The third-order valence-electron chi connectivity index (χ3n) is 5.08. The molecule has 0 aliphatic carbocycles. The number of hydrogen-bond acceptors (Lipinski definition) is 7.